The van der Waals surface area contributed by atoms with Gasteiger partial charge in [0.1, 0.15) is 5.75 Å². The minimum atomic E-state index is -0.457. The van der Waals surface area contributed by atoms with Crippen molar-refractivity contribution in [2.45, 2.75) is 46.3 Å². The van der Waals surface area contributed by atoms with Gasteiger partial charge in [-0.2, -0.15) is 0 Å². The van der Waals surface area contributed by atoms with Crippen molar-refractivity contribution in [3.05, 3.63) is 29.8 Å². The Morgan fingerprint density at radius 3 is 2.25 bits per heavy atom. The number of likely N-dealkylation sites (N-methyl/N-ethyl adjacent to an activating group) is 1. The van der Waals surface area contributed by atoms with Gasteiger partial charge in [-0.1, -0.05) is 32.9 Å². The lowest BCUT2D eigenvalue weighted by Gasteiger charge is -2.29. The molecule has 1 rings (SSSR count). The molecule has 2 unspecified atom stereocenters. The third-order valence-electron chi connectivity index (χ3n) is 3.86. The lowest BCUT2D eigenvalue weighted by molar-refractivity contribution is 0.0955. The van der Waals surface area contributed by atoms with Crippen LogP contribution >= 0.6 is 0 Å². The average molecular weight is 279 g/mol. The Morgan fingerprint density at radius 1 is 1.15 bits per heavy atom. The van der Waals surface area contributed by atoms with Crippen LogP contribution in [0.3, 0.4) is 0 Å². The number of hydrogen-bond donors (Lipinski definition) is 1. The summed E-state index contributed by atoms with van der Waals surface area (Å²) in [5.41, 5.74) is 0.941. The second-order valence-corrected chi connectivity index (χ2v) is 5.86. The minimum Gasteiger partial charge on any atom is -0.494 e. The summed E-state index contributed by atoms with van der Waals surface area (Å²) in [5, 5.41) is 10.3. The summed E-state index contributed by atoms with van der Waals surface area (Å²) in [6.45, 7) is 10.1. The predicted octanol–water partition coefficient (Wildman–Crippen LogP) is 3.49. The molecule has 0 aliphatic heterocycles. The van der Waals surface area contributed by atoms with Gasteiger partial charge < -0.3 is 14.7 Å². The lowest BCUT2D eigenvalue weighted by Crippen LogP contribution is -2.36. The number of rotatable bonds is 8. The van der Waals surface area contributed by atoms with Gasteiger partial charge in [0.15, 0.2) is 0 Å². The molecule has 0 aliphatic carbocycles. The van der Waals surface area contributed by atoms with Gasteiger partial charge in [0.05, 0.1) is 12.7 Å². The number of hydrogen-bond acceptors (Lipinski definition) is 3. The van der Waals surface area contributed by atoms with Crippen molar-refractivity contribution in [3.8, 4) is 5.75 Å². The van der Waals surface area contributed by atoms with Gasteiger partial charge in [-0.15, -0.1) is 0 Å². The number of benzene rings is 1. The zero-order valence-corrected chi connectivity index (χ0v) is 13.5. The van der Waals surface area contributed by atoms with E-state index in [2.05, 4.69) is 39.6 Å². The van der Waals surface area contributed by atoms with Crippen molar-refractivity contribution in [1.29, 1.82) is 0 Å². The Kier molecular flexibility index (Phi) is 7.03. The van der Waals surface area contributed by atoms with E-state index in [1.54, 1.807) is 0 Å². The van der Waals surface area contributed by atoms with E-state index >= 15 is 0 Å². The SMILES string of the molecule is CCCOc1ccc(C(O)CN(C)C(C)C(C)C)cc1. The van der Waals surface area contributed by atoms with Gasteiger partial charge in [-0.3, -0.25) is 0 Å². The molecule has 2 atom stereocenters. The molecule has 0 aliphatic rings. The van der Waals surface area contributed by atoms with Crippen LogP contribution in [-0.2, 0) is 0 Å². The van der Waals surface area contributed by atoms with Crippen molar-refractivity contribution >= 4 is 0 Å². The van der Waals surface area contributed by atoms with E-state index in [0.29, 0.717) is 18.5 Å². The van der Waals surface area contributed by atoms with Crippen molar-refractivity contribution in [2.75, 3.05) is 20.2 Å². The molecule has 1 N–H and O–H groups in total. The van der Waals surface area contributed by atoms with Gasteiger partial charge in [-0.05, 0) is 44.0 Å². The molecule has 0 saturated carbocycles. The summed E-state index contributed by atoms with van der Waals surface area (Å²) in [4.78, 5) is 2.21. The fourth-order valence-corrected chi connectivity index (χ4v) is 2.06. The molecule has 20 heavy (non-hydrogen) atoms. The Hall–Kier alpha value is -1.06. The maximum atomic E-state index is 10.3. The van der Waals surface area contributed by atoms with Crippen LogP contribution in [-0.4, -0.2) is 36.2 Å². The summed E-state index contributed by atoms with van der Waals surface area (Å²) < 4.78 is 5.55. The minimum absolute atomic E-state index is 0.455. The molecule has 0 aromatic heterocycles. The van der Waals surface area contributed by atoms with Crippen molar-refractivity contribution in [3.63, 3.8) is 0 Å². The van der Waals surface area contributed by atoms with Crippen molar-refractivity contribution in [1.82, 2.24) is 4.90 Å². The fraction of sp³-hybridized carbons (Fsp3) is 0.647. The Bertz CT molecular complexity index is 375. The monoisotopic (exact) mass is 279 g/mol. The molecule has 0 radical (unpaired) electrons. The van der Waals surface area contributed by atoms with Crippen molar-refractivity contribution < 1.29 is 9.84 Å². The van der Waals surface area contributed by atoms with E-state index < -0.39 is 6.10 Å². The smallest absolute Gasteiger partial charge is 0.119 e. The van der Waals surface area contributed by atoms with E-state index in [-0.39, 0.29) is 0 Å². The van der Waals surface area contributed by atoms with Crippen LogP contribution < -0.4 is 4.74 Å². The lowest BCUT2D eigenvalue weighted by atomic mass is 10.0. The topological polar surface area (TPSA) is 32.7 Å². The second kappa shape index (κ2) is 8.28. The standard InChI is InChI=1S/C17H29NO2/c1-6-11-20-16-9-7-15(8-10-16)17(19)12-18(5)14(4)13(2)3/h7-10,13-14,17,19H,6,11-12H2,1-5H3. The van der Waals surface area contributed by atoms with E-state index in [9.17, 15) is 5.11 Å². The molecule has 3 nitrogen and oxygen atoms in total. The molecule has 0 spiro atoms. The van der Waals surface area contributed by atoms with Crippen LogP contribution in [0.2, 0.25) is 0 Å². The van der Waals surface area contributed by atoms with Gasteiger partial charge in [0.2, 0.25) is 0 Å². The highest BCUT2D eigenvalue weighted by molar-refractivity contribution is 5.28. The molecular weight excluding hydrogens is 250 g/mol. The van der Waals surface area contributed by atoms with E-state index in [1.165, 1.54) is 0 Å². The Balaban J connectivity index is 2.56. The quantitative estimate of drug-likeness (QED) is 0.790. The average Bonchev–Trinajstić information content (AvgIpc) is 2.44. The van der Waals surface area contributed by atoms with Gasteiger partial charge >= 0.3 is 0 Å². The zero-order chi connectivity index (χ0) is 15.1. The molecule has 1 aromatic carbocycles. The Morgan fingerprint density at radius 2 is 1.75 bits per heavy atom. The molecule has 114 valence electrons. The van der Waals surface area contributed by atoms with Crippen LogP contribution in [0.1, 0.15) is 45.8 Å². The summed E-state index contributed by atoms with van der Waals surface area (Å²) in [6.07, 6.45) is 0.545. The molecule has 0 saturated heterocycles. The maximum Gasteiger partial charge on any atom is 0.119 e. The van der Waals surface area contributed by atoms with E-state index in [0.717, 1.165) is 24.3 Å². The van der Waals surface area contributed by atoms with Crippen LogP contribution in [0.25, 0.3) is 0 Å². The van der Waals surface area contributed by atoms with Crippen LogP contribution in [0.15, 0.2) is 24.3 Å². The first-order valence-corrected chi connectivity index (χ1v) is 7.56. The largest absolute Gasteiger partial charge is 0.494 e. The first-order chi connectivity index (χ1) is 9.45. The molecule has 0 amide bonds. The Labute approximate surface area is 123 Å². The summed E-state index contributed by atoms with van der Waals surface area (Å²) in [7, 11) is 2.06. The number of aliphatic hydroxyl groups is 1. The zero-order valence-electron chi connectivity index (χ0n) is 13.5. The second-order valence-electron chi connectivity index (χ2n) is 5.86. The number of aliphatic hydroxyl groups excluding tert-OH is 1. The van der Waals surface area contributed by atoms with E-state index in [4.69, 9.17) is 4.74 Å². The number of ether oxygens (including phenoxy) is 1. The highest BCUT2D eigenvalue weighted by Crippen LogP contribution is 2.20. The van der Waals surface area contributed by atoms with Crippen LogP contribution in [0, 0.1) is 5.92 Å². The number of nitrogens with zero attached hydrogens (tertiary/aromatic N) is 1. The van der Waals surface area contributed by atoms with Crippen molar-refractivity contribution in [2.24, 2.45) is 5.92 Å². The van der Waals surface area contributed by atoms with Gasteiger partial charge in [0.25, 0.3) is 0 Å². The molecule has 0 heterocycles. The van der Waals surface area contributed by atoms with Gasteiger partial charge in [0, 0.05) is 12.6 Å². The summed E-state index contributed by atoms with van der Waals surface area (Å²) in [6, 6.07) is 8.21. The summed E-state index contributed by atoms with van der Waals surface area (Å²) in [5.74, 6) is 1.45. The van der Waals surface area contributed by atoms with Crippen LogP contribution in [0.5, 0.6) is 5.75 Å². The first kappa shape index (κ1) is 17.0. The highest BCUT2D eigenvalue weighted by atomic mass is 16.5. The highest BCUT2D eigenvalue weighted by Gasteiger charge is 2.17. The molecule has 0 bridgehead atoms. The normalized spacial score (nSPS) is 14.6. The first-order valence-electron chi connectivity index (χ1n) is 7.56. The molecule has 1 aromatic rings. The molecule has 0 fully saturated rings. The summed E-state index contributed by atoms with van der Waals surface area (Å²) >= 11 is 0. The molecule has 3 heteroatoms. The predicted molar refractivity (Wildman–Crippen MR) is 84.1 cm³/mol. The fourth-order valence-electron chi connectivity index (χ4n) is 2.06. The molecular formula is C17H29NO2. The van der Waals surface area contributed by atoms with E-state index in [1.807, 2.05) is 24.3 Å². The third-order valence-corrected chi connectivity index (χ3v) is 3.86. The van der Waals surface area contributed by atoms with Gasteiger partial charge in [-0.25, -0.2) is 0 Å². The maximum absolute atomic E-state index is 10.3. The third kappa shape index (κ3) is 5.14. The van der Waals surface area contributed by atoms with Crippen LogP contribution in [0.4, 0.5) is 0 Å².